The average Bonchev–Trinajstić information content (AvgIpc) is 3.20. The molecule has 176 valence electrons. The SMILES string of the molecule is CCOc1cccc([C@@H](C)NC(=O)c2cnn(-c3cccc(C(F)(F)F)c3)c2C(F)(F)F)c1. The van der Waals surface area contributed by atoms with E-state index in [4.69, 9.17) is 4.74 Å². The molecule has 3 aromatic rings. The molecular formula is C22H19F6N3O2. The van der Waals surface area contributed by atoms with E-state index in [1.165, 1.54) is 0 Å². The molecule has 0 aliphatic heterocycles. The molecule has 1 amide bonds. The Bertz CT molecular complexity index is 1140. The summed E-state index contributed by atoms with van der Waals surface area (Å²) in [5.74, 6) is -0.542. The van der Waals surface area contributed by atoms with Crippen LogP contribution in [0.4, 0.5) is 26.3 Å². The van der Waals surface area contributed by atoms with Gasteiger partial charge in [-0.15, -0.1) is 0 Å². The Labute approximate surface area is 185 Å². The standard InChI is InChI=1S/C22H19F6N3O2/c1-3-33-17-9-4-6-14(10-17)13(2)30-20(32)18-12-29-31(19(18)22(26,27)28)16-8-5-7-15(11-16)21(23,24)25/h4-13H,3H2,1-2H3,(H,30,32)/t13-/m1/s1. The number of alkyl halides is 6. The van der Waals surface area contributed by atoms with Crippen molar-refractivity contribution in [2.24, 2.45) is 0 Å². The molecule has 1 N–H and O–H groups in total. The van der Waals surface area contributed by atoms with Crippen LogP contribution in [0.1, 0.15) is 47.1 Å². The summed E-state index contributed by atoms with van der Waals surface area (Å²) in [7, 11) is 0. The van der Waals surface area contributed by atoms with Crippen LogP contribution >= 0.6 is 0 Å². The van der Waals surface area contributed by atoms with Gasteiger partial charge in [0.25, 0.3) is 5.91 Å². The molecule has 0 radical (unpaired) electrons. The number of halogens is 6. The molecular weight excluding hydrogens is 452 g/mol. The van der Waals surface area contributed by atoms with E-state index in [1.54, 1.807) is 38.1 Å². The smallest absolute Gasteiger partial charge is 0.434 e. The van der Waals surface area contributed by atoms with Gasteiger partial charge < -0.3 is 10.1 Å². The monoisotopic (exact) mass is 471 g/mol. The highest BCUT2D eigenvalue weighted by Gasteiger charge is 2.41. The fraction of sp³-hybridized carbons (Fsp3) is 0.273. The van der Waals surface area contributed by atoms with E-state index in [0.717, 1.165) is 18.2 Å². The number of carbonyl (C=O) groups excluding carboxylic acids is 1. The van der Waals surface area contributed by atoms with Crippen molar-refractivity contribution in [3.63, 3.8) is 0 Å². The molecule has 3 rings (SSSR count). The second kappa shape index (κ2) is 9.16. The molecule has 1 atom stereocenters. The second-order valence-corrected chi connectivity index (χ2v) is 7.07. The van der Waals surface area contributed by atoms with Crippen molar-refractivity contribution < 1.29 is 35.9 Å². The normalized spacial score (nSPS) is 13.0. The van der Waals surface area contributed by atoms with Gasteiger partial charge in [0.05, 0.1) is 35.7 Å². The molecule has 0 unspecified atom stereocenters. The van der Waals surface area contributed by atoms with Crippen LogP contribution in [0.3, 0.4) is 0 Å². The number of nitrogens with zero attached hydrogens (tertiary/aromatic N) is 2. The maximum atomic E-state index is 13.8. The number of ether oxygens (including phenoxy) is 1. The highest BCUT2D eigenvalue weighted by Crippen LogP contribution is 2.35. The van der Waals surface area contributed by atoms with E-state index in [9.17, 15) is 31.1 Å². The molecule has 5 nitrogen and oxygen atoms in total. The van der Waals surface area contributed by atoms with Crippen molar-refractivity contribution in [3.8, 4) is 11.4 Å². The molecule has 0 spiro atoms. The van der Waals surface area contributed by atoms with Crippen molar-refractivity contribution >= 4 is 5.91 Å². The Balaban J connectivity index is 1.95. The summed E-state index contributed by atoms with van der Waals surface area (Å²) in [6.07, 6.45) is -9.13. The van der Waals surface area contributed by atoms with Crippen molar-refractivity contribution in [2.45, 2.75) is 32.2 Å². The number of hydrogen-bond acceptors (Lipinski definition) is 3. The third-order valence-electron chi connectivity index (χ3n) is 4.72. The summed E-state index contributed by atoms with van der Waals surface area (Å²) >= 11 is 0. The van der Waals surface area contributed by atoms with E-state index < -0.39 is 46.8 Å². The lowest BCUT2D eigenvalue weighted by atomic mass is 10.1. The molecule has 0 saturated carbocycles. The summed E-state index contributed by atoms with van der Waals surface area (Å²) in [6, 6.07) is 9.27. The molecule has 33 heavy (non-hydrogen) atoms. The second-order valence-electron chi connectivity index (χ2n) is 7.07. The largest absolute Gasteiger partial charge is 0.494 e. The van der Waals surface area contributed by atoms with Crippen LogP contribution in [0, 0.1) is 0 Å². The predicted molar refractivity (Wildman–Crippen MR) is 107 cm³/mol. The lowest BCUT2D eigenvalue weighted by Crippen LogP contribution is -2.29. The van der Waals surface area contributed by atoms with Gasteiger partial charge >= 0.3 is 12.4 Å². The first-order chi connectivity index (χ1) is 15.4. The first kappa shape index (κ1) is 24.1. The van der Waals surface area contributed by atoms with Gasteiger partial charge in [0.2, 0.25) is 0 Å². The number of amides is 1. The molecule has 0 aliphatic carbocycles. The average molecular weight is 471 g/mol. The van der Waals surface area contributed by atoms with Crippen LogP contribution in [0.25, 0.3) is 5.69 Å². The number of benzene rings is 2. The van der Waals surface area contributed by atoms with E-state index in [2.05, 4.69) is 10.4 Å². The summed E-state index contributed by atoms with van der Waals surface area (Å²) in [5, 5.41) is 6.03. The number of aromatic nitrogens is 2. The first-order valence-corrected chi connectivity index (χ1v) is 9.78. The van der Waals surface area contributed by atoms with Gasteiger partial charge in [-0.25, -0.2) is 4.68 Å². The predicted octanol–water partition coefficient (Wildman–Crippen LogP) is 5.80. The van der Waals surface area contributed by atoms with Crippen LogP contribution in [0.2, 0.25) is 0 Å². The Hall–Kier alpha value is -3.50. The Morgan fingerprint density at radius 3 is 2.39 bits per heavy atom. The van der Waals surface area contributed by atoms with Crippen molar-refractivity contribution in [3.05, 3.63) is 77.1 Å². The van der Waals surface area contributed by atoms with Gasteiger partial charge in [0.15, 0.2) is 5.69 Å². The molecule has 1 aromatic heterocycles. The van der Waals surface area contributed by atoms with E-state index in [-0.39, 0.29) is 4.68 Å². The molecule has 0 saturated heterocycles. The minimum Gasteiger partial charge on any atom is -0.494 e. The molecule has 11 heteroatoms. The van der Waals surface area contributed by atoms with Gasteiger partial charge in [-0.05, 0) is 49.7 Å². The van der Waals surface area contributed by atoms with Crippen LogP contribution in [-0.4, -0.2) is 22.3 Å². The lowest BCUT2D eigenvalue weighted by molar-refractivity contribution is -0.143. The Morgan fingerprint density at radius 2 is 1.76 bits per heavy atom. The molecule has 0 bridgehead atoms. The van der Waals surface area contributed by atoms with E-state index in [1.807, 2.05) is 0 Å². The minimum absolute atomic E-state index is 0.282. The molecule has 0 aliphatic rings. The summed E-state index contributed by atoms with van der Waals surface area (Å²) < 4.78 is 86.2. The van der Waals surface area contributed by atoms with Gasteiger partial charge in [-0.1, -0.05) is 18.2 Å². The lowest BCUT2D eigenvalue weighted by Gasteiger charge is -2.17. The van der Waals surface area contributed by atoms with Gasteiger partial charge in [0, 0.05) is 0 Å². The fourth-order valence-electron chi connectivity index (χ4n) is 3.20. The topological polar surface area (TPSA) is 56.1 Å². The van der Waals surface area contributed by atoms with Crippen LogP contribution < -0.4 is 10.1 Å². The van der Waals surface area contributed by atoms with E-state index >= 15 is 0 Å². The molecule has 0 fully saturated rings. The third-order valence-corrected chi connectivity index (χ3v) is 4.72. The number of rotatable bonds is 6. The van der Waals surface area contributed by atoms with Gasteiger partial charge in [-0.3, -0.25) is 4.79 Å². The molecule has 1 heterocycles. The summed E-state index contributed by atoms with van der Waals surface area (Å²) in [5.41, 5.74) is -3.32. The zero-order valence-corrected chi connectivity index (χ0v) is 17.5. The maximum absolute atomic E-state index is 13.8. The first-order valence-electron chi connectivity index (χ1n) is 9.78. The summed E-state index contributed by atoms with van der Waals surface area (Å²) in [6.45, 7) is 3.78. The van der Waals surface area contributed by atoms with Crippen molar-refractivity contribution in [2.75, 3.05) is 6.61 Å². The Kier molecular flexibility index (Phi) is 6.71. The number of hydrogen-bond donors (Lipinski definition) is 1. The summed E-state index contributed by atoms with van der Waals surface area (Å²) in [4.78, 5) is 12.7. The van der Waals surface area contributed by atoms with Crippen molar-refractivity contribution in [1.29, 1.82) is 0 Å². The van der Waals surface area contributed by atoms with E-state index in [0.29, 0.717) is 30.2 Å². The van der Waals surface area contributed by atoms with Crippen molar-refractivity contribution in [1.82, 2.24) is 15.1 Å². The quantitative estimate of drug-likeness (QED) is 0.463. The fourth-order valence-corrected chi connectivity index (χ4v) is 3.20. The van der Waals surface area contributed by atoms with Gasteiger partial charge in [0.1, 0.15) is 5.75 Å². The zero-order valence-electron chi connectivity index (χ0n) is 17.5. The van der Waals surface area contributed by atoms with Gasteiger partial charge in [-0.2, -0.15) is 31.4 Å². The Morgan fingerprint density at radius 1 is 1.06 bits per heavy atom. The minimum atomic E-state index is -5.06. The van der Waals surface area contributed by atoms with Crippen LogP contribution in [-0.2, 0) is 12.4 Å². The highest BCUT2D eigenvalue weighted by molar-refractivity contribution is 5.95. The highest BCUT2D eigenvalue weighted by atomic mass is 19.4. The third kappa shape index (κ3) is 5.47. The number of nitrogens with one attached hydrogen (secondary N) is 1. The van der Waals surface area contributed by atoms with Crippen LogP contribution in [0.5, 0.6) is 5.75 Å². The number of carbonyl (C=O) groups is 1. The molecule has 2 aromatic carbocycles. The van der Waals surface area contributed by atoms with Crippen LogP contribution in [0.15, 0.2) is 54.7 Å². The zero-order chi connectivity index (χ0) is 24.4. The maximum Gasteiger partial charge on any atom is 0.434 e.